The molecular weight excluding hydrogens is 224 g/mol. The molecule has 2 aromatic heterocycles. The largest absolute Gasteiger partial charge is 0.416 e. The average molecular weight is 230 g/mol. The summed E-state index contributed by atoms with van der Waals surface area (Å²) in [6.45, 7) is 3.47. The Kier molecular flexibility index (Phi) is 2.73. The van der Waals surface area contributed by atoms with Crippen molar-refractivity contribution in [2.45, 2.75) is 24.3 Å². The zero-order valence-electron chi connectivity index (χ0n) is 7.42. The highest BCUT2D eigenvalue weighted by Crippen LogP contribution is 2.35. The summed E-state index contributed by atoms with van der Waals surface area (Å²) in [4.78, 5) is 0. The summed E-state index contributed by atoms with van der Waals surface area (Å²) in [5.41, 5.74) is 0. The van der Waals surface area contributed by atoms with Gasteiger partial charge in [-0.25, -0.2) is 0 Å². The van der Waals surface area contributed by atoms with E-state index in [9.17, 15) is 0 Å². The number of nitrogens with zero attached hydrogens (tertiary/aromatic N) is 4. The second-order valence-corrected chi connectivity index (χ2v) is 4.37. The van der Waals surface area contributed by atoms with Crippen molar-refractivity contribution < 1.29 is 8.83 Å². The normalized spacial score (nSPS) is 10.7. The fraction of sp³-hybridized carbons (Fsp3) is 0.333. The summed E-state index contributed by atoms with van der Waals surface area (Å²) in [6.07, 6.45) is 0. The van der Waals surface area contributed by atoms with E-state index >= 15 is 0 Å². The molecule has 2 rings (SSSR count). The second kappa shape index (κ2) is 4.01. The molecule has 0 fully saturated rings. The van der Waals surface area contributed by atoms with Crippen molar-refractivity contribution >= 4 is 21.6 Å². The van der Waals surface area contributed by atoms with E-state index in [0.29, 0.717) is 22.2 Å². The Morgan fingerprint density at radius 2 is 1.21 bits per heavy atom. The van der Waals surface area contributed by atoms with E-state index in [1.807, 2.05) is 0 Å². The first-order valence-electron chi connectivity index (χ1n) is 3.69. The lowest BCUT2D eigenvalue weighted by atomic mass is 10.8. The first kappa shape index (κ1) is 9.53. The summed E-state index contributed by atoms with van der Waals surface area (Å²) in [5, 5.41) is 15.9. The van der Waals surface area contributed by atoms with Gasteiger partial charge in [-0.15, -0.1) is 20.4 Å². The molecule has 0 aliphatic rings. The molecule has 0 aliphatic carbocycles. The predicted octanol–water partition coefficient (Wildman–Crippen LogP) is 1.87. The maximum atomic E-state index is 5.14. The molecule has 6 nitrogen and oxygen atoms in total. The van der Waals surface area contributed by atoms with Crippen molar-refractivity contribution in [3.05, 3.63) is 11.8 Å². The Morgan fingerprint density at radius 1 is 0.786 bits per heavy atom. The van der Waals surface area contributed by atoms with Crippen LogP contribution in [0.1, 0.15) is 11.8 Å². The highest BCUT2D eigenvalue weighted by molar-refractivity contribution is 8.76. The van der Waals surface area contributed by atoms with Gasteiger partial charge in [0.2, 0.25) is 11.8 Å². The zero-order valence-corrected chi connectivity index (χ0v) is 9.05. The van der Waals surface area contributed by atoms with Crippen LogP contribution in [0.5, 0.6) is 0 Å². The summed E-state index contributed by atoms with van der Waals surface area (Å²) in [5.74, 6) is 1.07. The van der Waals surface area contributed by atoms with Gasteiger partial charge < -0.3 is 8.83 Å². The number of hydrogen-bond donors (Lipinski definition) is 0. The third kappa shape index (κ3) is 2.26. The first-order valence-corrected chi connectivity index (χ1v) is 5.84. The Labute approximate surface area is 87.3 Å². The minimum Gasteiger partial charge on any atom is -0.416 e. The van der Waals surface area contributed by atoms with Crippen LogP contribution in [-0.4, -0.2) is 20.4 Å². The fourth-order valence-electron chi connectivity index (χ4n) is 0.695. The summed E-state index contributed by atoms with van der Waals surface area (Å²) >= 11 is 0. The summed E-state index contributed by atoms with van der Waals surface area (Å²) in [6, 6.07) is 0. The predicted molar refractivity (Wildman–Crippen MR) is 49.8 cm³/mol. The molecule has 0 unspecified atom stereocenters. The molecule has 0 radical (unpaired) electrons. The van der Waals surface area contributed by atoms with Crippen LogP contribution >= 0.6 is 21.6 Å². The van der Waals surface area contributed by atoms with E-state index in [0.717, 1.165) is 0 Å². The lowest BCUT2D eigenvalue weighted by Crippen LogP contribution is -1.70. The molecule has 2 aromatic rings. The molecule has 0 saturated carbocycles. The van der Waals surface area contributed by atoms with Crippen LogP contribution in [0.3, 0.4) is 0 Å². The van der Waals surface area contributed by atoms with Crippen molar-refractivity contribution in [2.24, 2.45) is 0 Å². The molecule has 8 heteroatoms. The van der Waals surface area contributed by atoms with E-state index < -0.39 is 0 Å². The molecule has 0 amide bonds. The summed E-state index contributed by atoms with van der Waals surface area (Å²) in [7, 11) is 2.58. The minimum atomic E-state index is 0.475. The number of rotatable bonds is 3. The molecule has 0 spiro atoms. The highest BCUT2D eigenvalue weighted by atomic mass is 33.1. The van der Waals surface area contributed by atoms with E-state index in [2.05, 4.69) is 20.4 Å². The van der Waals surface area contributed by atoms with Gasteiger partial charge in [0.05, 0.1) is 0 Å². The van der Waals surface area contributed by atoms with E-state index in [-0.39, 0.29) is 0 Å². The third-order valence-corrected chi connectivity index (χ3v) is 3.00. The minimum absolute atomic E-state index is 0.475. The van der Waals surface area contributed by atoms with E-state index in [1.54, 1.807) is 13.8 Å². The van der Waals surface area contributed by atoms with Crippen LogP contribution in [0.15, 0.2) is 19.3 Å². The van der Waals surface area contributed by atoms with Crippen molar-refractivity contribution in [2.75, 3.05) is 0 Å². The second-order valence-electron chi connectivity index (χ2n) is 2.34. The van der Waals surface area contributed by atoms with Crippen molar-refractivity contribution in [3.8, 4) is 0 Å². The van der Waals surface area contributed by atoms with Crippen molar-refractivity contribution in [1.82, 2.24) is 20.4 Å². The number of aryl methyl sites for hydroxylation is 2. The molecule has 0 aliphatic heterocycles. The van der Waals surface area contributed by atoms with Crippen LogP contribution < -0.4 is 0 Å². The Balaban J connectivity index is 1.94. The van der Waals surface area contributed by atoms with Crippen LogP contribution in [-0.2, 0) is 0 Å². The molecular formula is C6H6N4O2S2. The fourth-order valence-corrected chi connectivity index (χ4v) is 2.13. The lowest BCUT2D eigenvalue weighted by Gasteiger charge is -1.87. The molecule has 14 heavy (non-hydrogen) atoms. The summed E-state index contributed by atoms with van der Waals surface area (Å²) < 4.78 is 10.3. The van der Waals surface area contributed by atoms with Gasteiger partial charge in [-0.2, -0.15) is 0 Å². The SMILES string of the molecule is Cc1nnc(SSc2nnc(C)o2)o1. The lowest BCUT2D eigenvalue weighted by molar-refractivity contribution is 0.427. The quantitative estimate of drug-likeness (QED) is 0.739. The van der Waals surface area contributed by atoms with Gasteiger partial charge in [-0.3, -0.25) is 0 Å². The van der Waals surface area contributed by atoms with Gasteiger partial charge in [0.15, 0.2) is 0 Å². The van der Waals surface area contributed by atoms with Crippen LogP contribution in [0.25, 0.3) is 0 Å². The highest BCUT2D eigenvalue weighted by Gasteiger charge is 2.08. The van der Waals surface area contributed by atoms with Gasteiger partial charge in [-0.05, 0) is 0 Å². The molecule has 74 valence electrons. The molecule has 0 N–H and O–H groups in total. The van der Waals surface area contributed by atoms with Crippen molar-refractivity contribution in [1.29, 1.82) is 0 Å². The molecule has 0 aromatic carbocycles. The standard InChI is InChI=1S/C6H6N4O2S2/c1-3-7-9-5(11-3)13-14-6-10-8-4(2)12-6/h1-2H3. The maximum Gasteiger partial charge on any atom is 0.287 e. The first-order chi connectivity index (χ1) is 6.74. The smallest absolute Gasteiger partial charge is 0.287 e. The van der Waals surface area contributed by atoms with Crippen LogP contribution in [0.2, 0.25) is 0 Å². The monoisotopic (exact) mass is 230 g/mol. The molecule has 0 saturated heterocycles. The molecule has 0 atom stereocenters. The van der Waals surface area contributed by atoms with E-state index in [4.69, 9.17) is 8.83 Å². The molecule has 2 heterocycles. The third-order valence-electron chi connectivity index (χ3n) is 1.20. The Bertz CT molecular complexity index is 387. The maximum absolute atomic E-state index is 5.14. The Hall–Kier alpha value is -1.02. The van der Waals surface area contributed by atoms with Gasteiger partial charge in [0.25, 0.3) is 10.4 Å². The van der Waals surface area contributed by atoms with Gasteiger partial charge >= 0.3 is 0 Å². The number of aromatic nitrogens is 4. The van der Waals surface area contributed by atoms with Gasteiger partial charge in [0.1, 0.15) is 0 Å². The van der Waals surface area contributed by atoms with Crippen LogP contribution in [0.4, 0.5) is 0 Å². The van der Waals surface area contributed by atoms with Gasteiger partial charge in [0, 0.05) is 35.4 Å². The topological polar surface area (TPSA) is 77.8 Å². The van der Waals surface area contributed by atoms with Gasteiger partial charge in [-0.1, -0.05) is 0 Å². The average Bonchev–Trinajstić information content (AvgIpc) is 2.72. The number of hydrogen-bond acceptors (Lipinski definition) is 8. The molecule has 0 bridgehead atoms. The van der Waals surface area contributed by atoms with Crippen LogP contribution in [0, 0.1) is 13.8 Å². The van der Waals surface area contributed by atoms with E-state index in [1.165, 1.54) is 21.6 Å². The zero-order chi connectivity index (χ0) is 9.97. The van der Waals surface area contributed by atoms with Crippen molar-refractivity contribution in [3.63, 3.8) is 0 Å². The Morgan fingerprint density at radius 3 is 1.50 bits per heavy atom.